The number of anilines is 1. The monoisotopic (exact) mass is 340 g/mol. The van der Waals surface area contributed by atoms with Gasteiger partial charge in [0.1, 0.15) is 5.70 Å². The third kappa shape index (κ3) is 2.92. The number of aryl methyl sites for hydroxylation is 1. The van der Waals surface area contributed by atoms with Crippen LogP contribution < -0.4 is 15.5 Å². The molecule has 124 valence electrons. The van der Waals surface area contributed by atoms with Crippen molar-refractivity contribution in [2.45, 2.75) is 13.8 Å². The average Bonchev–Trinajstić information content (AvgIpc) is 2.98. The van der Waals surface area contributed by atoms with Gasteiger partial charge < -0.3 is 14.8 Å². The Morgan fingerprint density at radius 3 is 2.33 bits per heavy atom. The van der Waals surface area contributed by atoms with Gasteiger partial charge in [-0.05, 0) is 68.0 Å². The zero-order valence-corrected chi connectivity index (χ0v) is 15.0. The zero-order valence-electron chi connectivity index (χ0n) is 14.2. The first-order chi connectivity index (χ1) is 11.4. The maximum absolute atomic E-state index is 11.8. The summed E-state index contributed by atoms with van der Waals surface area (Å²) in [5.74, 6) is -0.194. The Morgan fingerprint density at radius 2 is 1.79 bits per heavy atom. The fraction of sp³-hybridized carbons (Fsp3) is 0.222. The van der Waals surface area contributed by atoms with E-state index in [9.17, 15) is 4.79 Å². The smallest absolute Gasteiger partial charge is 0.273 e. The summed E-state index contributed by atoms with van der Waals surface area (Å²) in [4.78, 5) is 13.9. The molecule has 1 aliphatic heterocycles. The highest BCUT2D eigenvalue weighted by Crippen LogP contribution is 2.24. The first-order valence-electron chi connectivity index (χ1n) is 7.67. The van der Waals surface area contributed by atoms with E-state index < -0.39 is 0 Å². The molecule has 0 unspecified atom stereocenters. The third-order valence-electron chi connectivity index (χ3n) is 4.11. The molecule has 1 fully saturated rings. The lowest BCUT2D eigenvalue weighted by atomic mass is 10.2. The summed E-state index contributed by atoms with van der Waals surface area (Å²) >= 11 is 4.97. The Hall–Kier alpha value is -2.60. The molecule has 0 bridgehead atoms. The van der Waals surface area contributed by atoms with Crippen LogP contribution in [0.1, 0.15) is 17.0 Å². The second-order valence-electron chi connectivity index (χ2n) is 6.04. The van der Waals surface area contributed by atoms with Crippen LogP contribution in [0.3, 0.4) is 0 Å². The van der Waals surface area contributed by atoms with Gasteiger partial charge in [-0.25, -0.2) is 0 Å². The highest BCUT2D eigenvalue weighted by molar-refractivity contribution is 7.80. The van der Waals surface area contributed by atoms with Crippen molar-refractivity contribution < 1.29 is 4.79 Å². The van der Waals surface area contributed by atoms with E-state index in [1.54, 1.807) is 0 Å². The standard InChI is InChI=1S/C18H20N4OS/c1-11-9-13(10-16-17(23)20-18(24)19-16)12(2)22(11)15-7-5-14(6-8-15)21(3)4/h5-10H,1-4H3,(H2,19,20,23,24)/b16-10+. The van der Waals surface area contributed by atoms with E-state index in [4.69, 9.17) is 12.2 Å². The molecule has 1 saturated heterocycles. The molecule has 2 heterocycles. The summed E-state index contributed by atoms with van der Waals surface area (Å²) in [7, 11) is 4.05. The average molecular weight is 340 g/mol. The number of amides is 1. The molecule has 2 aromatic rings. The van der Waals surface area contributed by atoms with Crippen LogP contribution >= 0.6 is 12.2 Å². The lowest BCUT2D eigenvalue weighted by molar-refractivity contribution is -0.115. The first-order valence-corrected chi connectivity index (χ1v) is 8.08. The van der Waals surface area contributed by atoms with Crippen LogP contribution in [0.4, 0.5) is 5.69 Å². The molecule has 1 aromatic carbocycles. The summed E-state index contributed by atoms with van der Waals surface area (Å²) in [5, 5.41) is 5.81. The minimum atomic E-state index is -0.194. The lowest BCUT2D eigenvalue weighted by Gasteiger charge is -2.14. The SMILES string of the molecule is Cc1cc(/C=C2/NC(=S)NC2=O)c(C)n1-c1ccc(N(C)C)cc1. The van der Waals surface area contributed by atoms with Crippen molar-refractivity contribution in [3.05, 3.63) is 53.0 Å². The van der Waals surface area contributed by atoms with Crippen molar-refractivity contribution in [1.29, 1.82) is 0 Å². The summed E-state index contributed by atoms with van der Waals surface area (Å²) < 4.78 is 2.18. The van der Waals surface area contributed by atoms with Gasteiger partial charge in [-0.2, -0.15) is 0 Å². The number of thiocarbonyl (C=S) groups is 1. The molecule has 0 radical (unpaired) electrons. The molecule has 1 aromatic heterocycles. The third-order valence-corrected chi connectivity index (χ3v) is 4.32. The molecule has 1 aliphatic rings. The molecular formula is C18H20N4OS. The normalized spacial score (nSPS) is 15.6. The minimum absolute atomic E-state index is 0.194. The number of rotatable bonds is 3. The Labute approximate surface area is 147 Å². The molecule has 0 spiro atoms. The highest BCUT2D eigenvalue weighted by atomic mass is 32.1. The van der Waals surface area contributed by atoms with E-state index >= 15 is 0 Å². The van der Waals surface area contributed by atoms with Gasteiger partial charge in [0.25, 0.3) is 5.91 Å². The van der Waals surface area contributed by atoms with E-state index in [0.717, 1.165) is 28.3 Å². The molecule has 0 aliphatic carbocycles. The van der Waals surface area contributed by atoms with Crippen molar-refractivity contribution in [2.24, 2.45) is 0 Å². The Kier molecular flexibility index (Phi) is 4.15. The predicted molar refractivity (Wildman–Crippen MR) is 101 cm³/mol. The lowest BCUT2D eigenvalue weighted by Crippen LogP contribution is -2.21. The van der Waals surface area contributed by atoms with Crippen molar-refractivity contribution in [2.75, 3.05) is 19.0 Å². The van der Waals surface area contributed by atoms with Crippen molar-refractivity contribution in [3.8, 4) is 5.69 Å². The second-order valence-corrected chi connectivity index (χ2v) is 6.45. The molecule has 1 amide bonds. The Morgan fingerprint density at radius 1 is 1.12 bits per heavy atom. The van der Waals surface area contributed by atoms with E-state index in [1.165, 1.54) is 0 Å². The molecule has 24 heavy (non-hydrogen) atoms. The number of benzene rings is 1. The summed E-state index contributed by atoms with van der Waals surface area (Å²) in [5.41, 5.74) is 5.90. The summed E-state index contributed by atoms with van der Waals surface area (Å²) in [6.45, 7) is 4.10. The molecule has 0 atom stereocenters. The fourth-order valence-electron chi connectivity index (χ4n) is 2.87. The van der Waals surface area contributed by atoms with Gasteiger partial charge in [0.2, 0.25) is 0 Å². The van der Waals surface area contributed by atoms with E-state index in [-0.39, 0.29) is 5.91 Å². The molecule has 2 N–H and O–H groups in total. The largest absolute Gasteiger partial charge is 0.378 e. The molecule has 0 saturated carbocycles. The summed E-state index contributed by atoms with van der Waals surface area (Å²) in [6.07, 6.45) is 1.83. The van der Waals surface area contributed by atoms with Gasteiger partial charge in [0.05, 0.1) is 0 Å². The number of carbonyl (C=O) groups excluding carboxylic acids is 1. The number of carbonyl (C=O) groups is 1. The Balaban J connectivity index is 1.99. The number of hydrogen-bond donors (Lipinski definition) is 2. The maximum atomic E-state index is 11.8. The van der Waals surface area contributed by atoms with Gasteiger partial charge in [-0.1, -0.05) is 0 Å². The van der Waals surface area contributed by atoms with Gasteiger partial charge in [-0.3, -0.25) is 10.1 Å². The van der Waals surface area contributed by atoms with Crippen LogP contribution in [-0.2, 0) is 4.79 Å². The molecule has 5 nitrogen and oxygen atoms in total. The quantitative estimate of drug-likeness (QED) is 0.666. The molecule has 3 rings (SSSR count). The van der Waals surface area contributed by atoms with Gasteiger partial charge in [0.15, 0.2) is 5.11 Å². The van der Waals surface area contributed by atoms with Gasteiger partial charge in [-0.15, -0.1) is 0 Å². The molecule has 6 heteroatoms. The van der Waals surface area contributed by atoms with Crippen LogP contribution in [-0.4, -0.2) is 29.7 Å². The van der Waals surface area contributed by atoms with E-state index in [2.05, 4.69) is 57.4 Å². The Bertz CT molecular complexity index is 847. The van der Waals surface area contributed by atoms with Crippen molar-refractivity contribution >= 4 is 35.0 Å². The first kappa shape index (κ1) is 16.3. The minimum Gasteiger partial charge on any atom is -0.378 e. The summed E-state index contributed by atoms with van der Waals surface area (Å²) in [6, 6.07) is 10.5. The van der Waals surface area contributed by atoms with Crippen molar-refractivity contribution in [1.82, 2.24) is 15.2 Å². The van der Waals surface area contributed by atoms with Crippen LogP contribution in [0.2, 0.25) is 0 Å². The highest BCUT2D eigenvalue weighted by Gasteiger charge is 2.21. The van der Waals surface area contributed by atoms with Gasteiger partial charge in [0, 0.05) is 36.9 Å². The van der Waals surface area contributed by atoms with Crippen LogP contribution in [0.25, 0.3) is 11.8 Å². The topological polar surface area (TPSA) is 49.3 Å². The number of hydrogen-bond acceptors (Lipinski definition) is 3. The van der Waals surface area contributed by atoms with Gasteiger partial charge >= 0.3 is 0 Å². The predicted octanol–water partition coefficient (Wildman–Crippen LogP) is 2.51. The zero-order chi connectivity index (χ0) is 17.4. The fourth-order valence-corrected chi connectivity index (χ4v) is 3.07. The number of aromatic nitrogens is 1. The van der Waals surface area contributed by atoms with Crippen LogP contribution in [0, 0.1) is 13.8 Å². The van der Waals surface area contributed by atoms with E-state index in [1.807, 2.05) is 27.1 Å². The van der Waals surface area contributed by atoms with Crippen LogP contribution in [0.15, 0.2) is 36.0 Å². The van der Waals surface area contributed by atoms with Crippen LogP contribution in [0.5, 0.6) is 0 Å². The van der Waals surface area contributed by atoms with E-state index in [0.29, 0.717) is 10.8 Å². The molecular weight excluding hydrogens is 320 g/mol. The second kappa shape index (κ2) is 6.13. The maximum Gasteiger partial charge on any atom is 0.273 e. The van der Waals surface area contributed by atoms with Crippen molar-refractivity contribution in [3.63, 3.8) is 0 Å². The number of nitrogens with zero attached hydrogens (tertiary/aromatic N) is 2. The number of nitrogens with one attached hydrogen (secondary N) is 2.